The molecule has 4 heteroatoms. The zero-order chi connectivity index (χ0) is 14.2. The van der Waals surface area contributed by atoms with E-state index in [1.807, 2.05) is 19.1 Å². The van der Waals surface area contributed by atoms with Crippen molar-refractivity contribution >= 4 is 5.97 Å². The Morgan fingerprint density at radius 3 is 2.32 bits per heavy atom. The molecule has 0 heterocycles. The summed E-state index contributed by atoms with van der Waals surface area (Å²) < 4.78 is 15.8. The fourth-order valence-corrected chi connectivity index (χ4v) is 2.89. The Hall–Kier alpha value is -1.71. The van der Waals surface area contributed by atoms with Crippen LogP contribution in [0.5, 0.6) is 11.5 Å². The van der Waals surface area contributed by atoms with Gasteiger partial charge >= 0.3 is 5.97 Å². The van der Waals surface area contributed by atoms with E-state index in [0.29, 0.717) is 5.75 Å². The largest absolute Gasteiger partial charge is 0.496 e. The average molecular weight is 264 g/mol. The van der Waals surface area contributed by atoms with Crippen LogP contribution in [0.15, 0.2) is 12.1 Å². The predicted molar refractivity (Wildman–Crippen MR) is 71.8 cm³/mol. The van der Waals surface area contributed by atoms with Gasteiger partial charge in [0, 0.05) is 11.1 Å². The Labute approximate surface area is 113 Å². The fraction of sp³-hybridized carbons (Fsp3) is 0.533. The van der Waals surface area contributed by atoms with Crippen molar-refractivity contribution in [3.05, 3.63) is 23.3 Å². The molecule has 1 saturated carbocycles. The lowest BCUT2D eigenvalue weighted by molar-refractivity contribution is -0.144. The van der Waals surface area contributed by atoms with Gasteiger partial charge in [0.25, 0.3) is 0 Å². The van der Waals surface area contributed by atoms with Crippen LogP contribution in [0, 0.1) is 12.8 Å². The first-order chi connectivity index (χ1) is 9.02. The number of carbonyl (C=O) groups is 1. The average Bonchev–Trinajstić information content (AvgIpc) is 3.10. The van der Waals surface area contributed by atoms with Crippen molar-refractivity contribution < 1.29 is 19.0 Å². The molecule has 104 valence electrons. The molecule has 0 radical (unpaired) electrons. The molecule has 0 amide bonds. The van der Waals surface area contributed by atoms with Gasteiger partial charge in [-0.05, 0) is 25.3 Å². The van der Waals surface area contributed by atoms with Gasteiger partial charge in [0.2, 0.25) is 0 Å². The highest BCUT2D eigenvalue weighted by Gasteiger charge is 2.61. The monoisotopic (exact) mass is 264 g/mol. The lowest BCUT2D eigenvalue weighted by atomic mass is 9.90. The topological polar surface area (TPSA) is 44.8 Å². The summed E-state index contributed by atoms with van der Waals surface area (Å²) in [6.45, 7) is 3.98. The molecule has 1 aromatic rings. The predicted octanol–water partition coefficient (Wildman–Crippen LogP) is 2.46. The van der Waals surface area contributed by atoms with Gasteiger partial charge in [-0.1, -0.05) is 13.0 Å². The Kier molecular flexibility index (Phi) is 3.43. The van der Waals surface area contributed by atoms with Crippen molar-refractivity contribution in [2.24, 2.45) is 5.92 Å². The molecule has 0 saturated heterocycles. The van der Waals surface area contributed by atoms with E-state index in [2.05, 4.69) is 6.92 Å². The van der Waals surface area contributed by atoms with Gasteiger partial charge in [0.05, 0.1) is 26.7 Å². The van der Waals surface area contributed by atoms with E-state index in [1.54, 1.807) is 14.2 Å². The molecule has 1 aromatic carbocycles. The van der Waals surface area contributed by atoms with E-state index < -0.39 is 5.41 Å². The number of hydrogen-bond donors (Lipinski definition) is 0. The second-order valence-corrected chi connectivity index (χ2v) is 5.04. The molecule has 0 aromatic heterocycles. The van der Waals surface area contributed by atoms with Crippen molar-refractivity contribution in [2.75, 3.05) is 21.3 Å². The summed E-state index contributed by atoms with van der Waals surface area (Å²) >= 11 is 0. The Morgan fingerprint density at radius 1 is 1.26 bits per heavy atom. The van der Waals surface area contributed by atoms with E-state index >= 15 is 0 Å². The molecule has 0 aliphatic heterocycles. The van der Waals surface area contributed by atoms with E-state index in [1.165, 1.54) is 7.11 Å². The van der Waals surface area contributed by atoms with Crippen molar-refractivity contribution in [1.29, 1.82) is 0 Å². The highest BCUT2D eigenvalue weighted by atomic mass is 16.5. The van der Waals surface area contributed by atoms with Crippen LogP contribution in [-0.2, 0) is 14.9 Å². The van der Waals surface area contributed by atoms with Crippen molar-refractivity contribution in [3.63, 3.8) is 0 Å². The maximum atomic E-state index is 12.1. The van der Waals surface area contributed by atoms with Crippen LogP contribution >= 0.6 is 0 Å². The van der Waals surface area contributed by atoms with Crippen LogP contribution < -0.4 is 9.47 Å². The third-order valence-corrected chi connectivity index (χ3v) is 4.12. The minimum absolute atomic E-state index is 0.192. The van der Waals surface area contributed by atoms with E-state index in [4.69, 9.17) is 14.2 Å². The molecule has 2 rings (SSSR count). The summed E-state index contributed by atoms with van der Waals surface area (Å²) in [6.07, 6.45) is 0.793. The molecule has 1 aliphatic carbocycles. The minimum Gasteiger partial charge on any atom is -0.496 e. The first-order valence-corrected chi connectivity index (χ1v) is 6.33. The highest BCUT2D eigenvalue weighted by Crippen LogP contribution is 2.58. The van der Waals surface area contributed by atoms with Gasteiger partial charge in [-0.3, -0.25) is 4.79 Å². The number of hydrogen-bond acceptors (Lipinski definition) is 4. The summed E-state index contributed by atoms with van der Waals surface area (Å²) in [4.78, 5) is 12.1. The maximum absolute atomic E-state index is 12.1. The molecule has 0 spiro atoms. The van der Waals surface area contributed by atoms with Gasteiger partial charge in [-0.15, -0.1) is 0 Å². The van der Waals surface area contributed by atoms with Gasteiger partial charge in [-0.25, -0.2) is 0 Å². The Balaban J connectivity index is 2.57. The highest BCUT2D eigenvalue weighted by molar-refractivity contribution is 5.88. The quantitative estimate of drug-likeness (QED) is 0.784. The summed E-state index contributed by atoms with van der Waals surface area (Å²) in [7, 11) is 4.67. The number of rotatable bonds is 4. The molecule has 0 bridgehead atoms. The molecule has 2 atom stereocenters. The molecular formula is C15H20O4. The summed E-state index contributed by atoms with van der Waals surface area (Å²) in [5.41, 5.74) is 1.24. The lowest BCUT2D eigenvalue weighted by Crippen LogP contribution is -2.25. The first kappa shape index (κ1) is 13.7. The third kappa shape index (κ3) is 1.86. The lowest BCUT2D eigenvalue weighted by Gasteiger charge is -2.20. The second-order valence-electron chi connectivity index (χ2n) is 5.04. The molecule has 1 fully saturated rings. The smallest absolute Gasteiger partial charge is 0.316 e. The van der Waals surface area contributed by atoms with Crippen LogP contribution in [-0.4, -0.2) is 27.3 Å². The summed E-state index contributed by atoms with van der Waals surface area (Å²) in [6, 6.07) is 3.79. The van der Waals surface area contributed by atoms with Crippen LogP contribution in [0.1, 0.15) is 24.5 Å². The number of ether oxygens (including phenoxy) is 3. The SMILES string of the molecule is COC(=O)C1(c2ccc(OC)c(C)c2OC)CC1C. The molecule has 4 nitrogen and oxygen atoms in total. The number of esters is 1. The van der Waals surface area contributed by atoms with Crippen molar-refractivity contribution in [3.8, 4) is 11.5 Å². The summed E-state index contributed by atoms with van der Waals surface area (Å²) in [5, 5.41) is 0. The standard InChI is InChI=1S/C15H20O4/c1-9-8-15(9,14(16)19-5)11-6-7-12(17-3)10(2)13(11)18-4/h6-7,9H,8H2,1-5H3. The zero-order valence-corrected chi connectivity index (χ0v) is 12.1. The van der Waals surface area contributed by atoms with Gasteiger partial charge < -0.3 is 14.2 Å². The molecule has 2 unspecified atom stereocenters. The van der Waals surface area contributed by atoms with Gasteiger partial charge in [0.15, 0.2) is 0 Å². The normalized spacial score (nSPS) is 24.8. The van der Waals surface area contributed by atoms with Crippen LogP contribution in [0.2, 0.25) is 0 Å². The zero-order valence-electron chi connectivity index (χ0n) is 12.1. The fourth-order valence-electron chi connectivity index (χ4n) is 2.89. The molecule has 1 aliphatic rings. The Morgan fingerprint density at radius 2 is 1.89 bits per heavy atom. The third-order valence-electron chi connectivity index (χ3n) is 4.12. The number of carbonyl (C=O) groups excluding carboxylic acids is 1. The second kappa shape index (κ2) is 4.76. The molecular weight excluding hydrogens is 244 g/mol. The number of benzene rings is 1. The Bertz CT molecular complexity index is 509. The van der Waals surface area contributed by atoms with Gasteiger partial charge in [0.1, 0.15) is 11.5 Å². The van der Waals surface area contributed by atoms with Crippen LogP contribution in [0.3, 0.4) is 0 Å². The van der Waals surface area contributed by atoms with Crippen molar-refractivity contribution in [1.82, 2.24) is 0 Å². The molecule has 0 N–H and O–H groups in total. The maximum Gasteiger partial charge on any atom is 0.316 e. The van der Waals surface area contributed by atoms with Crippen molar-refractivity contribution in [2.45, 2.75) is 25.7 Å². The van der Waals surface area contributed by atoms with E-state index in [0.717, 1.165) is 23.3 Å². The summed E-state index contributed by atoms with van der Waals surface area (Å²) in [5.74, 6) is 1.55. The van der Waals surface area contributed by atoms with Crippen LogP contribution in [0.4, 0.5) is 0 Å². The number of methoxy groups -OCH3 is 3. The van der Waals surface area contributed by atoms with Crippen LogP contribution in [0.25, 0.3) is 0 Å². The van der Waals surface area contributed by atoms with Gasteiger partial charge in [-0.2, -0.15) is 0 Å². The minimum atomic E-state index is -0.558. The first-order valence-electron chi connectivity index (χ1n) is 6.33. The van der Waals surface area contributed by atoms with E-state index in [9.17, 15) is 4.79 Å². The molecule has 19 heavy (non-hydrogen) atoms. The van der Waals surface area contributed by atoms with E-state index in [-0.39, 0.29) is 11.9 Å².